The topological polar surface area (TPSA) is 35.6 Å². The maximum absolute atomic E-state index is 5.19. The van der Waals surface area contributed by atoms with Gasteiger partial charge >= 0.3 is 0 Å². The molecule has 370 valence electrons. The largest absolute Gasteiger partial charge is 0.292 e. The summed E-state index contributed by atoms with van der Waals surface area (Å²) in [6.45, 7) is 0. The number of aromatic nitrogens is 4. The molecule has 0 saturated heterocycles. The van der Waals surface area contributed by atoms with Crippen molar-refractivity contribution in [2.75, 3.05) is 0 Å². The summed E-state index contributed by atoms with van der Waals surface area (Å²) in [7, 11) is 0. The predicted molar refractivity (Wildman–Crippen MR) is 326 cm³/mol. The van der Waals surface area contributed by atoms with Gasteiger partial charge in [-0.05, 0) is 157 Å². The number of benzene rings is 12. The zero-order chi connectivity index (χ0) is 52.3. The van der Waals surface area contributed by atoms with Crippen molar-refractivity contribution in [1.82, 2.24) is 19.1 Å². The Morgan fingerprint density at radius 3 is 1.13 bits per heavy atom. The van der Waals surface area contributed by atoms with Crippen molar-refractivity contribution < 1.29 is 0 Å². The van der Waals surface area contributed by atoms with Crippen LogP contribution in [0.3, 0.4) is 0 Å². The van der Waals surface area contributed by atoms with E-state index in [2.05, 4.69) is 312 Å². The van der Waals surface area contributed by atoms with Gasteiger partial charge in [0, 0.05) is 22.5 Å². The Balaban J connectivity index is 0.859. The summed E-state index contributed by atoms with van der Waals surface area (Å²) >= 11 is 0. The maximum Gasteiger partial charge on any atom is 0.145 e. The molecule has 0 saturated carbocycles. The predicted octanol–water partition coefficient (Wildman–Crippen LogP) is 18.7. The van der Waals surface area contributed by atoms with Gasteiger partial charge in [0.2, 0.25) is 0 Å². The summed E-state index contributed by atoms with van der Waals surface area (Å²) in [5, 5.41) is 0. The molecule has 0 atom stereocenters. The van der Waals surface area contributed by atoms with E-state index in [1.165, 1.54) is 38.9 Å². The standard InChI is InChI=1S/C75H50N4/c1-5-22-61(23-6-1)75(62-24-7-2-8-25-62)67-31-14-13-30-65(67)66-45-44-57(50-68(66)75)55-20-19-21-56(46-55)60-48-58(51-36-40-53(41-37-51)73-76-69-32-15-17-34-71(69)78(73)63-26-9-3-10-27-63)47-59(49-60)52-38-42-54(43-39-52)74-77-70-33-16-18-35-72(70)79(74)64-28-11-4-12-29-64/h1-50H. The second kappa shape index (κ2) is 19.0. The van der Waals surface area contributed by atoms with Gasteiger partial charge in [-0.1, -0.05) is 224 Å². The highest BCUT2D eigenvalue weighted by Crippen LogP contribution is 2.57. The highest BCUT2D eigenvalue weighted by atomic mass is 15.1. The normalized spacial score (nSPS) is 12.4. The minimum Gasteiger partial charge on any atom is -0.292 e. The van der Waals surface area contributed by atoms with Gasteiger partial charge in [-0.2, -0.15) is 0 Å². The Morgan fingerprint density at radius 2 is 0.608 bits per heavy atom. The summed E-state index contributed by atoms with van der Waals surface area (Å²) in [5.74, 6) is 1.82. The third-order valence-electron chi connectivity index (χ3n) is 16.0. The van der Waals surface area contributed by atoms with Crippen LogP contribution in [0.5, 0.6) is 0 Å². The molecule has 0 spiro atoms. The zero-order valence-electron chi connectivity index (χ0n) is 43.2. The molecule has 2 aromatic heterocycles. The van der Waals surface area contributed by atoms with Gasteiger partial charge in [0.05, 0.1) is 27.5 Å². The smallest absolute Gasteiger partial charge is 0.145 e. The first-order valence-corrected chi connectivity index (χ1v) is 27.0. The van der Waals surface area contributed by atoms with Gasteiger partial charge in [-0.3, -0.25) is 9.13 Å². The Hall–Kier alpha value is -10.4. The fourth-order valence-corrected chi connectivity index (χ4v) is 12.4. The lowest BCUT2D eigenvalue weighted by molar-refractivity contribution is 0.769. The number of hydrogen-bond donors (Lipinski definition) is 0. The Kier molecular flexibility index (Phi) is 11.0. The lowest BCUT2D eigenvalue weighted by Crippen LogP contribution is -2.28. The average molecular weight is 1010 g/mol. The van der Waals surface area contributed by atoms with Gasteiger partial charge in [0.1, 0.15) is 11.6 Å². The van der Waals surface area contributed by atoms with Gasteiger partial charge in [-0.15, -0.1) is 0 Å². The first kappa shape index (κ1) is 45.9. The molecule has 0 bridgehead atoms. The number of imidazole rings is 2. The molecule has 79 heavy (non-hydrogen) atoms. The van der Waals surface area contributed by atoms with E-state index in [0.717, 1.165) is 95.2 Å². The van der Waals surface area contributed by atoms with Crippen LogP contribution in [0.4, 0.5) is 0 Å². The van der Waals surface area contributed by atoms with Gasteiger partial charge in [0.25, 0.3) is 0 Å². The summed E-state index contributed by atoms with van der Waals surface area (Å²) in [5.41, 5.74) is 24.6. The quantitative estimate of drug-likeness (QED) is 0.137. The molecule has 0 radical (unpaired) electrons. The van der Waals surface area contributed by atoms with Crippen LogP contribution in [0.2, 0.25) is 0 Å². The van der Waals surface area contributed by atoms with Crippen molar-refractivity contribution in [1.29, 1.82) is 0 Å². The number of nitrogens with zero attached hydrogens (tertiary/aromatic N) is 4. The molecule has 14 aromatic rings. The number of fused-ring (bicyclic) bond motifs is 5. The van der Waals surface area contributed by atoms with E-state index in [9.17, 15) is 0 Å². The van der Waals surface area contributed by atoms with Crippen LogP contribution in [0.15, 0.2) is 303 Å². The van der Waals surface area contributed by atoms with Crippen molar-refractivity contribution in [2.45, 2.75) is 5.41 Å². The van der Waals surface area contributed by atoms with Gasteiger partial charge in [-0.25, -0.2) is 9.97 Å². The van der Waals surface area contributed by atoms with Crippen molar-refractivity contribution in [3.8, 4) is 89.8 Å². The van der Waals surface area contributed by atoms with E-state index >= 15 is 0 Å². The second-order valence-electron chi connectivity index (χ2n) is 20.5. The van der Waals surface area contributed by atoms with Crippen molar-refractivity contribution in [3.05, 3.63) is 326 Å². The summed E-state index contributed by atoms with van der Waals surface area (Å²) < 4.78 is 4.52. The van der Waals surface area contributed by atoms with E-state index in [1.54, 1.807) is 0 Å². The first-order chi connectivity index (χ1) is 39.2. The van der Waals surface area contributed by atoms with Crippen molar-refractivity contribution >= 4 is 22.1 Å². The van der Waals surface area contributed by atoms with E-state index in [1.807, 2.05) is 0 Å². The lowest BCUT2D eigenvalue weighted by Gasteiger charge is -2.34. The Labute approximate surface area is 459 Å². The molecule has 0 unspecified atom stereocenters. The molecule has 2 heterocycles. The van der Waals surface area contributed by atoms with E-state index < -0.39 is 5.41 Å². The maximum atomic E-state index is 5.19. The number of hydrogen-bond acceptors (Lipinski definition) is 2. The molecular formula is C75H50N4. The molecular weight excluding hydrogens is 957 g/mol. The molecule has 0 fully saturated rings. The van der Waals surface area contributed by atoms with E-state index in [4.69, 9.17) is 9.97 Å². The Morgan fingerprint density at radius 1 is 0.241 bits per heavy atom. The number of para-hydroxylation sites is 6. The molecule has 0 aliphatic heterocycles. The van der Waals surface area contributed by atoms with Gasteiger partial charge < -0.3 is 0 Å². The third-order valence-corrected chi connectivity index (χ3v) is 16.0. The summed E-state index contributed by atoms with van der Waals surface area (Å²) in [6.07, 6.45) is 0. The highest BCUT2D eigenvalue weighted by Gasteiger charge is 2.46. The summed E-state index contributed by atoms with van der Waals surface area (Å²) in [6, 6.07) is 110. The first-order valence-electron chi connectivity index (χ1n) is 27.0. The molecule has 0 N–H and O–H groups in total. The van der Waals surface area contributed by atoms with Crippen LogP contribution in [0.1, 0.15) is 22.3 Å². The fourth-order valence-electron chi connectivity index (χ4n) is 12.4. The fraction of sp³-hybridized carbons (Fsp3) is 0.0133. The zero-order valence-corrected chi connectivity index (χ0v) is 43.2. The van der Waals surface area contributed by atoms with Crippen molar-refractivity contribution in [3.63, 3.8) is 0 Å². The van der Waals surface area contributed by atoms with Gasteiger partial charge in [0.15, 0.2) is 0 Å². The molecule has 4 nitrogen and oxygen atoms in total. The molecule has 12 aromatic carbocycles. The van der Waals surface area contributed by atoms with E-state index in [0.29, 0.717) is 0 Å². The molecule has 1 aliphatic carbocycles. The molecule has 0 amide bonds. The second-order valence-corrected chi connectivity index (χ2v) is 20.5. The summed E-state index contributed by atoms with van der Waals surface area (Å²) in [4.78, 5) is 10.4. The van der Waals surface area contributed by atoms with Crippen LogP contribution in [0.25, 0.3) is 112 Å². The van der Waals surface area contributed by atoms with Crippen LogP contribution in [-0.2, 0) is 5.41 Å². The van der Waals surface area contributed by atoms with Crippen LogP contribution < -0.4 is 0 Å². The Bertz CT molecular complexity index is 4340. The third kappa shape index (κ3) is 7.76. The van der Waals surface area contributed by atoms with Crippen LogP contribution >= 0.6 is 0 Å². The average Bonchev–Trinajstić information content (AvgIpc) is 4.19. The lowest BCUT2D eigenvalue weighted by atomic mass is 9.67. The van der Waals surface area contributed by atoms with Crippen molar-refractivity contribution in [2.24, 2.45) is 0 Å². The molecule has 15 rings (SSSR count). The SMILES string of the molecule is c1ccc(-n2c(-c3ccc(-c4cc(-c5ccc(-c6nc7ccccc7n6-c6ccccc6)cc5)cc(-c5cccc(-c6ccc7c(c6)C(c6ccccc6)(c6ccccc6)c6ccccc6-7)c5)c4)cc3)nc3ccccc32)cc1. The van der Waals surface area contributed by atoms with E-state index in [-0.39, 0.29) is 0 Å². The number of rotatable bonds is 10. The monoisotopic (exact) mass is 1010 g/mol. The molecule has 1 aliphatic rings. The highest BCUT2D eigenvalue weighted by molar-refractivity contribution is 5.91. The minimum atomic E-state index is -0.487. The minimum absolute atomic E-state index is 0.487. The molecule has 4 heteroatoms. The van der Waals surface area contributed by atoms with Crippen LogP contribution in [-0.4, -0.2) is 19.1 Å². The van der Waals surface area contributed by atoms with Crippen LogP contribution in [0, 0.1) is 0 Å².